The van der Waals surface area contributed by atoms with Crippen molar-refractivity contribution in [3.05, 3.63) is 11.3 Å². The summed E-state index contributed by atoms with van der Waals surface area (Å²) in [5.74, 6) is -0.340. The van der Waals surface area contributed by atoms with E-state index in [-0.39, 0.29) is 5.56 Å². The van der Waals surface area contributed by atoms with Crippen LogP contribution in [0.25, 0.3) is 0 Å². The molecule has 1 aromatic rings. The number of carboxylic acid groups (broad SMARTS) is 1. The van der Waals surface area contributed by atoms with Crippen molar-refractivity contribution in [1.82, 2.24) is 9.78 Å². The average Bonchev–Trinajstić information content (AvgIpc) is 2.42. The van der Waals surface area contributed by atoms with Gasteiger partial charge in [-0.1, -0.05) is 13.3 Å². The second-order valence-corrected chi connectivity index (χ2v) is 3.52. The maximum atomic E-state index is 11.0. The smallest absolute Gasteiger partial charge is 0.341 e. The zero-order chi connectivity index (χ0) is 11.4. The zero-order valence-corrected chi connectivity index (χ0v) is 9.37. The molecule has 0 saturated heterocycles. The number of aromatic carboxylic acids is 1. The fraction of sp³-hybridized carbons (Fsp3) is 0.600. The van der Waals surface area contributed by atoms with Gasteiger partial charge in [0.25, 0.3) is 0 Å². The van der Waals surface area contributed by atoms with Crippen LogP contribution in [0.3, 0.4) is 0 Å². The summed E-state index contributed by atoms with van der Waals surface area (Å²) in [4.78, 5) is 11.0. The van der Waals surface area contributed by atoms with Crippen LogP contribution in [-0.4, -0.2) is 27.4 Å². The molecule has 0 aliphatic carbocycles. The van der Waals surface area contributed by atoms with Crippen LogP contribution in [0.15, 0.2) is 0 Å². The van der Waals surface area contributed by atoms with Crippen molar-refractivity contribution in [3.8, 4) is 0 Å². The third-order valence-electron chi connectivity index (χ3n) is 2.26. The third kappa shape index (κ3) is 2.49. The number of hydrogen-bond donors (Lipinski definition) is 2. The maximum absolute atomic E-state index is 11.0. The second kappa shape index (κ2) is 4.82. The van der Waals surface area contributed by atoms with Crippen LogP contribution in [0.5, 0.6) is 0 Å². The van der Waals surface area contributed by atoms with E-state index in [1.807, 2.05) is 0 Å². The van der Waals surface area contributed by atoms with Crippen LogP contribution >= 0.6 is 0 Å². The minimum Gasteiger partial charge on any atom is -0.477 e. The number of unbranched alkanes of at least 4 members (excludes halogenated alkanes) is 1. The minimum absolute atomic E-state index is 0.272. The van der Waals surface area contributed by atoms with Crippen molar-refractivity contribution >= 4 is 11.8 Å². The zero-order valence-electron chi connectivity index (χ0n) is 9.37. The molecule has 0 saturated carbocycles. The summed E-state index contributed by atoms with van der Waals surface area (Å²) in [5.41, 5.74) is 0.817. The Kier molecular flexibility index (Phi) is 3.71. The van der Waals surface area contributed by atoms with Gasteiger partial charge in [-0.25, -0.2) is 4.79 Å². The number of carbonyl (C=O) groups is 1. The minimum atomic E-state index is -0.931. The summed E-state index contributed by atoms with van der Waals surface area (Å²) in [5, 5.41) is 16.2. The molecule has 0 bridgehead atoms. The van der Waals surface area contributed by atoms with Crippen molar-refractivity contribution in [2.45, 2.75) is 26.7 Å². The number of anilines is 1. The van der Waals surface area contributed by atoms with Gasteiger partial charge in [0.05, 0.1) is 5.69 Å². The first-order valence-electron chi connectivity index (χ1n) is 5.08. The molecule has 0 amide bonds. The summed E-state index contributed by atoms with van der Waals surface area (Å²) in [6.07, 6.45) is 2.09. The highest BCUT2D eigenvalue weighted by Crippen LogP contribution is 2.18. The van der Waals surface area contributed by atoms with Crippen molar-refractivity contribution < 1.29 is 9.90 Å². The number of carboxylic acids is 1. The summed E-state index contributed by atoms with van der Waals surface area (Å²) >= 11 is 0. The molecule has 0 aliphatic rings. The molecule has 84 valence electrons. The van der Waals surface area contributed by atoms with Crippen LogP contribution in [-0.2, 0) is 7.05 Å². The largest absolute Gasteiger partial charge is 0.477 e. The van der Waals surface area contributed by atoms with E-state index in [1.54, 1.807) is 18.7 Å². The first kappa shape index (κ1) is 11.6. The van der Waals surface area contributed by atoms with Crippen LogP contribution in [0, 0.1) is 6.92 Å². The van der Waals surface area contributed by atoms with Crippen molar-refractivity contribution in [2.24, 2.45) is 7.05 Å². The molecule has 0 aromatic carbocycles. The van der Waals surface area contributed by atoms with Crippen molar-refractivity contribution in [2.75, 3.05) is 11.9 Å². The van der Waals surface area contributed by atoms with Crippen LogP contribution in [0.4, 0.5) is 5.82 Å². The highest BCUT2D eigenvalue weighted by Gasteiger charge is 2.18. The summed E-state index contributed by atoms with van der Waals surface area (Å²) in [7, 11) is 1.74. The summed E-state index contributed by atoms with van der Waals surface area (Å²) in [6.45, 7) is 4.57. The number of aromatic nitrogens is 2. The number of aryl methyl sites for hydroxylation is 2. The van der Waals surface area contributed by atoms with Crippen LogP contribution in [0.2, 0.25) is 0 Å². The Hall–Kier alpha value is -1.52. The first-order valence-corrected chi connectivity index (χ1v) is 5.08. The Morgan fingerprint density at radius 3 is 2.80 bits per heavy atom. The maximum Gasteiger partial charge on any atom is 0.341 e. The van der Waals surface area contributed by atoms with Gasteiger partial charge < -0.3 is 10.4 Å². The van der Waals surface area contributed by atoms with E-state index in [1.165, 1.54) is 0 Å². The summed E-state index contributed by atoms with van der Waals surface area (Å²) in [6, 6.07) is 0. The lowest BCUT2D eigenvalue weighted by Gasteiger charge is -2.06. The number of rotatable bonds is 5. The van der Waals surface area contributed by atoms with Gasteiger partial charge in [0.2, 0.25) is 0 Å². The van der Waals surface area contributed by atoms with Gasteiger partial charge in [0.15, 0.2) is 0 Å². The normalized spacial score (nSPS) is 10.3. The Morgan fingerprint density at radius 1 is 1.60 bits per heavy atom. The van der Waals surface area contributed by atoms with E-state index in [9.17, 15) is 4.79 Å². The molecule has 0 spiro atoms. The van der Waals surface area contributed by atoms with Gasteiger partial charge >= 0.3 is 5.97 Å². The second-order valence-electron chi connectivity index (χ2n) is 3.52. The lowest BCUT2D eigenvalue weighted by atomic mass is 10.2. The predicted octanol–water partition coefficient (Wildman–Crippen LogP) is 1.64. The molecule has 0 radical (unpaired) electrons. The molecule has 5 nitrogen and oxygen atoms in total. The lowest BCUT2D eigenvalue weighted by molar-refractivity contribution is 0.0697. The molecule has 0 aliphatic heterocycles. The Balaban J connectivity index is 2.89. The molecule has 1 aromatic heterocycles. The van der Waals surface area contributed by atoms with Gasteiger partial charge in [-0.3, -0.25) is 4.68 Å². The molecular formula is C10H17N3O2. The first-order chi connectivity index (χ1) is 7.07. The van der Waals surface area contributed by atoms with Crippen LogP contribution < -0.4 is 5.32 Å². The van der Waals surface area contributed by atoms with Gasteiger partial charge in [-0.2, -0.15) is 5.10 Å². The monoisotopic (exact) mass is 211 g/mol. The Morgan fingerprint density at radius 2 is 2.27 bits per heavy atom. The molecule has 1 rings (SSSR count). The fourth-order valence-corrected chi connectivity index (χ4v) is 1.50. The SMILES string of the molecule is CCCCNc1c(C(=O)O)c(C)nn1C. The highest BCUT2D eigenvalue weighted by molar-refractivity contribution is 5.94. The molecule has 0 fully saturated rings. The molecule has 0 unspecified atom stereocenters. The molecule has 5 heteroatoms. The fourth-order valence-electron chi connectivity index (χ4n) is 1.50. The standard InChI is InChI=1S/C10H17N3O2/c1-4-5-6-11-9-8(10(14)15)7(2)12-13(9)3/h11H,4-6H2,1-3H3,(H,14,15). The Bertz CT molecular complexity index is 358. The Labute approximate surface area is 89.1 Å². The summed E-state index contributed by atoms with van der Waals surface area (Å²) < 4.78 is 1.58. The van der Waals surface area contributed by atoms with Gasteiger partial charge in [0, 0.05) is 13.6 Å². The van der Waals surface area contributed by atoms with Crippen LogP contribution in [0.1, 0.15) is 35.8 Å². The third-order valence-corrected chi connectivity index (χ3v) is 2.26. The lowest BCUT2D eigenvalue weighted by Crippen LogP contribution is -2.10. The van der Waals surface area contributed by atoms with Crippen molar-refractivity contribution in [1.29, 1.82) is 0 Å². The van der Waals surface area contributed by atoms with E-state index in [0.717, 1.165) is 19.4 Å². The topological polar surface area (TPSA) is 67.2 Å². The molecule has 2 N–H and O–H groups in total. The van der Waals surface area contributed by atoms with E-state index >= 15 is 0 Å². The molecule has 1 heterocycles. The molecule has 15 heavy (non-hydrogen) atoms. The van der Waals surface area contributed by atoms with E-state index in [2.05, 4.69) is 17.3 Å². The van der Waals surface area contributed by atoms with Crippen molar-refractivity contribution in [3.63, 3.8) is 0 Å². The van der Waals surface area contributed by atoms with E-state index in [0.29, 0.717) is 11.5 Å². The van der Waals surface area contributed by atoms with Gasteiger partial charge in [-0.05, 0) is 13.3 Å². The predicted molar refractivity (Wildman–Crippen MR) is 58.3 cm³/mol. The van der Waals surface area contributed by atoms with Gasteiger partial charge in [-0.15, -0.1) is 0 Å². The van der Waals surface area contributed by atoms with E-state index < -0.39 is 5.97 Å². The average molecular weight is 211 g/mol. The molecular weight excluding hydrogens is 194 g/mol. The number of hydrogen-bond acceptors (Lipinski definition) is 3. The highest BCUT2D eigenvalue weighted by atomic mass is 16.4. The molecule has 0 atom stereocenters. The number of nitrogens with zero attached hydrogens (tertiary/aromatic N) is 2. The quantitative estimate of drug-likeness (QED) is 0.726. The number of nitrogens with one attached hydrogen (secondary N) is 1. The van der Waals surface area contributed by atoms with Gasteiger partial charge in [0.1, 0.15) is 11.4 Å². The van der Waals surface area contributed by atoms with E-state index in [4.69, 9.17) is 5.11 Å².